The van der Waals surface area contributed by atoms with E-state index >= 15 is 0 Å². The average Bonchev–Trinajstić information content (AvgIpc) is 2.73. The van der Waals surface area contributed by atoms with Gasteiger partial charge in [0.15, 0.2) is 17.6 Å². The Morgan fingerprint density at radius 2 is 1.86 bits per heavy atom. The molecule has 29 heavy (non-hydrogen) atoms. The lowest BCUT2D eigenvalue weighted by Crippen LogP contribution is -2.39. The van der Waals surface area contributed by atoms with Crippen molar-refractivity contribution < 1.29 is 23.8 Å². The maximum Gasteiger partial charge on any atom is 0.311 e. The maximum atomic E-state index is 12.6. The molecule has 1 amide bonds. The number of carbonyl (C=O) groups excluding carboxylic acids is 2. The van der Waals surface area contributed by atoms with Crippen LogP contribution >= 0.6 is 0 Å². The minimum absolute atomic E-state index is 0.0422. The Morgan fingerprint density at radius 1 is 1.10 bits per heavy atom. The summed E-state index contributed by atoms with van der Waals surface area (Å²) in [6.07, 6.45) is 2.12. The Kier molecular flexibility index (Phi) is 6.75. The number of rotatable bonds is 7. The molecule has 3 rings (SSSR count). The van der Waals surface area contributed by atoms with Gasteiger partial charge in [-0.25, -0.2) is 0 Å². The molecule has 2 aromatic carbocycles. The third-order valence-corrected chi connectivity index (χ3v) is 5.16. The van der Waals surface area contributed by atoms with Crippen LogP contribution in [0.4, 0.5) is 0 Å². The number of esters is 1. The van der Waals surface area contributed by atoms with E-state index in [1.165, 1.54) is 12.7 Å². The second-order valence-corrected chi connectivity index (χ2v) is 7.15. The summed E-state index contributed by atoms with van der Waals surface area (Å²) >= 11 is 0. The number of amides is 1. The van der Waals surface area contributed by atoms with Crippen LogP contribution in [0.3, 0.4) is 0 Å². The smallest absolute Gasteiger partial charge is 0.311 e. The van der Waals surface area contributed by atoms with Gasteiger partial charge in [-0.05, 0) is 55.0 Å². The van der Waals surface area contributed by atoms with Crippen LogP contribution in [0.5, 0.6) is 11.5 Å². The van der Waals surface area contributed by atoms with Gasteiger partial charge < -0.3 is 19.5 Å². The molecule has 0 heterocycles. The normalized spacial score (nSPS) is 16.3. The Hall–Kier alpha value is -3.02. The van der Waals surface area contributed by atoms with Crippen molar-refractivity contribution in [3.63, 3.8) is 0 Å². The molecule has 154 valence electrons. The van der Waals surface area contributed by atoms with Gasteiger partial charge in [-0.1, -0.05) is 30.3 Å². The molecule has 0 saturated carbocycles. The molecule has 0 fully saturated rings. The van der Waals surface area contributed by atoms with Crippen molar-refractivity contribution in [3.05, 3.63) is 59.2 Å². The van der Waals surface area contributed by atoms with Gasteiger partial charge in [0.1, 0.15) is 0 Å². The van der Waals surface area contributed by atoms with Gasteiger partial charge in [0, 0.05) is 0 Å². The highest BCUT2D eigenvalue weighted by molar-refractivity contribution is 5.84. The Morgan fingerprint density at radius 3 is 2.62 bits per heavy atom. The van der Waals surface area contributed by atoms with E-state index in [-0.39, 0.29) is 18.4 Å². The van der Waals surface area contributed by atoms with Gasteiger partial charge in [0.2, 0.25) is 0 Å². The lowest BCUT2D eigenvalue weighted by Gasteiger charge is -2.27. The number of benzene rings is 2. The first-order valence-corrected chi connectivity index (χ1v) is 9.80. The lowest BCUT2D eigenvalue weighted by atomic mass is 9.87. The fraction of sp³-hybridized carbons (Fsp3) is 0.391. The summed E-state index contributed by atoms with van der Waals surface area (Å²) in [4.78, 5) is 24.9. The molecular weight excluding hydrogens is 370 g/mol. The Bertz CT molecular complexity index is 879. The topological polar surface area (TPSA) is 73.9 Å². The second-order valence-electron chi connectivity index (χ2n) is 7.15. The van der Waals surface area contributed by atoms with Gasteiger partial charge in [0.05, 0.1) is 26.7 Å². The second kappa shape index (κ2) is 9.45. The van der Waals surface area contributed by atoms with Gasteiger partial charge in [-0.15, -0.1) is 0 Å². The minimum Gasteiger partial charge on any atom is -0.493 e. The first-order valence-electron chi connectivity index (χ1n) is 9.80. The zero-order valence-corrected chi connectivity index (χ0v) is 17.1. The van der Waals surface area contributed by atoms with E-state index in [1.54, 1.807) is 32.2 Å². The van der Waals surface area contributed by atoms with Crippen LogP contribution in [0.2, 0.25) is 0 Å². The van der Waals surface area contributed by atoms with Gasteiger partial charge in [0.25, 0.3) is 5.91 Å². The van der Waals surface area contributed by atoms with Crippen molar-refractivity contribution in [1.82, 2.24) is 5.32 Å². The SMILES string of the molecule is COc1ccc(CC(=O)O[C@@H](C)C(=O)N[C@H]2CCCc3ccccc32)cc1OC. The summed E-state index contributed by atoms with van der Waals surface area (Å²) in [5.41, 5.74) is 3.14. The largest absolute Gasteiger partial charge is 0.493 e. The first kappa shape index (κ1) is 20.7. The van der Waals surface area contributed by atoms with Crippen molar-refractivity contribution in [3.8, 4) is 11.5 Å². The van der Waals surface area contributed by atoms with Crippen molar-refractivity contribution in [1.29, 1.82) is 0 Å². The van der Waals surface area contributed by atoms with Crippen LogP contribution < -0.4 is 14.8 Å². The van der Waals surface area contributed by atoms with Crippen LogP contribution in [-0.2, 0) is 27.2 Å². The third-order valence-electron chi connectivity index (χ3n) is 5.16. The van der Waals surface area contributed by atoms with E-state index in [2.05, 4.69) is 11.4 Å². The summed E-state index contributed by atoms with van der Waals surface area (Å²) in [7, 11) is 3.09. The monoisotopic (exact) mass is 397 g/mol. The molecular formula is C23H27NO5. The van der Waals surface area contributed by atoms with Crippen LogP contribution in [0, 0.1) is 0 Å². The number of hydrogen-bond donors (Lipinski definition) is 1. The van der Waals surface area contributed by atoms with Gasteiger partial charge in [-0.3, -0.25) is 9.59 Å². The highest BCUT2D eigenvalue weighted by atomic mass is 16.5. The highest BCUT2D eigenvalue weighted by Gasteiger charge is 2.25. The van der Waals surface area contributed by atoms with E-state index in [9.17, 15) is 9.59 Å². The quantitative estimate of drug-likeness (QED) is 0.725. The van der Waals surface area contributed by atoms with E-state index < -0.39 is 12.1 Å². The van der Waals surface area contributed by atoms with Crippen molar-refractivity contribution in [2.45, 2.75) is 44.8 Å². The molecule has 0 saturated heterocycles. The molecule has 0 aromatic heterocycles. The molecule has 0 spiro atoms. The van der Waals surface area contributed by atoms with E-state index in [0.717, 1.165) is 30.4 Å². The summed E-state index contributed by atoms with van der Waals surface area (Å²) < 4.78 is 15.8. The molecule has 6 heteroatoms. The standard InChI is InChI=1S/C23H27NO5/c1-15(23(26)24-19-10-6-8-17-7-4-5-9-18(17)19)29-22(25)14-16-11-12-20(27-2)21(13-16)28-3/h4-5,7,9,11-13,15,19H,6,8,10,14H2,1-3H3,(H,24,26)/t15-,19-/m0/s1. The van der Waals surface area contributed by atoms with E-state index in [0.29, 0.717) is 11.5 Å². The molecule has 1 N–H and O–H groups in total. The molecule has 1 aliphatic rings. The Labute approximate surface area is 171 Å². The Balaban J connectivity index is 1.57. The average molecular weight is 397 g/mol. The number of ether oxygens (including phenoxy) is 3. The van der Waals surface area contributed by atoms with Crippen molar-refractivity contribution in [2.75, 3.05) is 14.2 Å². The predicted octanol–water partition coefficient (Wildman–Crippen LogP) is 3.37. The maximum absolute atomic E-state index is 12.6. The van der Waals surface area contributed by atoms with Crippen molar-refractivity contribution in [2.24, 2.45) is 0 Å². The summed E-state index contributed by atoms with van der Waals surface area (Å²) in [5, 5.41) is 3.02. The number of nitrogens with one attached hydrogen (secondary N) is 1. The molecule has 2 aromatic rings. The molecule has 0 radical (unpaired) electrons. The van der Waals surface area contributed by atoms with Gasteiger partial charge >= 0.3 is 5.97 Å². The van der Waals surface area contributed by atoms with E-state index in [4.69, 9.17) is 14.2 Å². The molecule has 0 unspecified atom stereocenters. The zero-order chi connectivity index (χ0) is 20.8. The third kappa shape index (κ3) is 5.08. The highest BCUT2D eigenvalue weighted by Crippen LogP contribution is 2.30. The predicted molar refractivity (Wildman–Crippen MR) is 109 cm³/mol. The fourth-order valence-electron chi connectivity index (χ4n) is 3.64. The number of fused-ring (bicyclic) bond motifs is 1. The number of hydrogen-bond acceptors (Lipinski definition) is 5. The summed E-state index contributed by atoms with van der Waals surface area (Å²) in [6, 6.07) is 13.3. The number of aryl methyl sites for hydroxylation is 1. The van der Waals surface area contributed by atoms with Gasteiger partial charge in [-0.2, -0.15) is 0 Å². The molecule has 2 atom stereocenters. The number of carbonyl (C=O) groups is 2. The van der Waals surface area contributed by atoms with Crippen LogP contribution in [0.25, 0.3) is 0 Å². The van der Waals surface area contributed by atoms with Crippen molar-refractivity contribution >= 4 is 11.9 Å². The van der Waals surface area contributed by atoms with Crippen LogP contribution in [0.15, 0.2) is 42.5 Å². The van der Waals surface area contributed by atoms with Crippen LogP contribution in [0.1, 0.15) is 42.5 Å². The molecule has 0 aliphatic heterocycles. The minimum atomic E-state index is -0.864. The summed E-state index contributed by atoms with van der Waals surface area (Å²) in [5.74, 6) is 0.376. The lowest BCUT2D eigenvalue weighted by molar-refractivity contribution is -0.154. The first-order chi connectivity index (χ1) is 14.0. The molecule has 6 nitrogen and oxygen atoms in total. The summed E-state index contributed by atoms with van der Waals surface area (Å²) in [6.45, 7) is 1.59. The zero-order valence-electron chi connectivity index (χ0n) is 17.1. The number of methoxy groups -OCH3 is 2. The van der Waals surface area contributed by atoms with E-state index in [1.807, 2.05) is 18.2 Å². The van der Waals surface area contributed by atoms with Crippen LogP contribution in [-0.4, -0.2) is 32.2 Å². The molecule has 0 bridgehead atoms. The fourth-order valence-corrected chi connectivity index (χ4v) is 3.64. The molecule has 1 aliphatic carbocycles.